The molecule has 1 aliphatic heterocycles. The molecule has 1 unspecified atom stereocenters. The van der Waals surface area contributed by atoms with Gasteiger partial charge in [-0.3, -0.25) is 14.7 Å². The van der Waals surface area contributed by atoms with E-state index < -0.39 is 5.54 Å². The van der Waals surface area contributed by atoms with Crippen LogP contribution in [-0.4, -0.2) is 55.0 Å². The van der Waals surface area contributed by atoms with Crippen molar-refractivity contribution in [3.63, 3.8) is 0 Å². The Morgan fingerprint density at radius 3 is 2.29 bits per heavy atom. The maximum absolute atomic E-state index is 12.2. The highest BCUT2D eigenvalue weighted by molar-refractivity contribution is 14.0. The smallest absolute Gasteiger partial charge is 0.325 e. The van der Waals surface area contributed by atoms with Gasteiger partial charge in [0.05, 0.1) is 0 Å². The molecule has 1 rings (SSSR count). The Bertz CT molecular complexity index is 444. The predicted molar refractivity (Wildman–Crippen MR) is 108 cm³/mol. The molecule has 3 amide bonds. The minimum absolute atomic E-state index is 0. The zero-order valence-electron chi connectivity index (χ0n) is 15.3. The Kier molecular flexibility index (Phi) is 11.0. The minimum atomic E-state index is -0.749. The summed E-state index contributed by atoms with van der Waals surface area (Å²) in [7, 11) is 1.74. The van der Waals surface area contributed by atoms with Crippen molar-refractivity contribution in [1.82, 2.24) is 20.9 Å². The number of nitrogens with one attached hydrogen (secondary N) is 3. The molecule has 1 fully saturated rings. The maximum atomic E-state index is 12.2. The van der Waals surface area contributed by atoms with Gasteiger partial charge in [0.2, 0.25) is 0 Å². The van der Waals surface area contributed by atoms with Crippen LogP contribution in [0.1, 0.15) is 52.9 Å². The monoisotopic (exact) mass is 453 g/mol. The third-order valence-electron chi connectivity index (χ3n) is 4.20. The van der Waals surface area contributed by atoms with E-state index in [0.29, 0.717) is 25.9 Å². The van der Waals surface area contributed by atoms with Crippen molar-refractivity contribution in [2.75, 3.05) is 26.7 Å². The molecule has 1 aliphatic rings. The molecule has 0 radical (unpaired) electrons. The van der Waals surface area contributed by atoms with Gasteiger partial charge in [-0.15, -0.1) is 24.0 Å². The van der Waals surface area contributed by atoms with Gasteiger partial charge in [-0.1, -0.05) is 26.7 Å². The normalized spacial score (nSPS) is 20.7. The zero-order valence-corrected chi connectivity index (χ0v) is 17.6. The van der Waals surface area contributed by atoms with Crippen molar-refractivity contribution in [3.05, 3.63) is 0 Å². The van der Waals surface area contributed by atoms with E-state index in [1.807, 2.05) is 6.92 Å². The Morgan fingerprint density at radius 2 is 1.79 bits per heavy atom. The van der Waals surface area contributed by atoms with Crippen LogP contribution in [0.2, 0.25) is 0 Å². The van der Waals surface area contributed by atoms with E-state index in [1.54, 1.807) is 14.0 Å². The topological polar surface area (TPSA) is 85.8 Å². The van der Waals surface area contributed by atoms with Gasteiger partial charge < -0.3 is 16.0 Å². The van der Waals surface area contributed by atoms with Crippen LogP contribution in [0.25, 0.3) is 0 Å². The van der Waals surface area contributed by atoms with Crippen molar-refractivity contribution < 1.29 is 9.59 Å². The molecule has 7 nitrogen and oxygen atoms in total. The van der Waals surface area contributed by atoms with E-state index in [4.69, 9.17) is 0 Å². The summed E-state index contributed by atoms with van der Waals surface area (Å²) in [4.78, 5) is 29.6. The molecule has 1 atom stereocenters. The van der Waals surface area contributed by atoms with Gasteiger partial charge in [0, 0.05) is 26.7 Å². The largest absolute Gasteiger partial charge is 0.356 e. The third kappa shape index (κ3) is 6.45. The van der Waals surface area contributed by atoms with Crippen LogP contribution >= 0.6 is 24.0 Å². The Hall–Kier alpha value is -1.06. The first-order chi connectivity index (χ1) is 11.0. The number of halogens is 1. The van der Waals surface area contributed by atoms with Gasteiger partial charge in [-0.25, -0.2) is 4.79 Å². The van der Waals surface area contributed by atoms with Crippen molar-refractivity contribution in [3.8, 4) is 0 Å². The SMILES string of the molecule is CCCCCNC(=NC)NCCCN1C(=O)NC(C)(CC)C1=O.I. The molecule has 0 spiro atoms. The number of urea groups is 1. The second-order valence-electron chi connectivity index (χ2n) is 6.06. The number of rotatable bonds is 9. The molecule has 3 N–H and O–H groups in total. The highest BCUT2D eigenvalue weighted by atomic mass is 127. The van der Waals surface area contributed by atoms with Crippen molar-refractivity contribution in [2.24, 2.45) is 4.99 Å². The van der Waals surface area contributed by atoms with E-state index in [-0.39, 0.29) is 35.9 Å². The summed E-state index contributed by atoms with van der Waals surface area (Å²) >= 11 is 0. The number of carbonyl (C=O) groups excluding carboxylic acids is 2. The fraction of sp³-hybridized carbons (Fsp3) is 0.812. The lowest BCUT2D eigenvalue weighted by molar-refractivity contribution is -0.130. The van der Waals surface area contributed by atoms with E-state index in [1.165, 1.54) is 17.7 Å². The summed E-state index contributed by atoms with van der Waals surface area (Å²) in [6.45, 7) is 7.82. The van der Waals surface area contributed by atoms with Crippen LogP contribution in [0.3, 0.4) is 0 Å². The van der Waals surface area contributed by atoms with Gasteiger partial charge in [-0.2, -0.15) is 0 Å². The van der Waals surface area contributed by atoms with Gasteiger partial charge in [0.1, 0.15) is 5.54 Å². The summed E-state index contributed by atoms with van der Waals surface area (Å²) in [5.41, 5.74) is -0.749. The first-order valence-electron chi connectivity index (χ1n) is 8.57. The minimum Gasteiger partial charge on any atom is -0.356 e. The van der Waals surface area contributed by atoms with Gasteiger partial charge >= 0.3 is 6.03 Å². The van der Waals surface area contributed by atoms with Gasteiger partial charge in [0.15, 0.2) is 5.96 Å². The highest BCUT2D eigenvalue weighted by Gasteiger charge is 2.45. The molecule has 1 heterocycles. The van der Waals surface area contributed by atoms with Crippen LogP contribution < -0.4 is 16.0 Å². The lowest BCUT2D eigenvalue weighted by Crippen LogP contribution is -2.43. The number of unbranched alkanes of at least 4 members (excludes halogenated alkanes) is 2. The van der Waals surface area contributed by atoms with E-state index in [2.05, 4.69) is 27.9 Å². The standard InChI is InChI=1S/C16H31N5O2.HI/c1-5-7-8-10-18-14(17-4)19-11-9-12-21-13(22)16(3,6-2)20-15(21)23;/h5-12H2,1-4H3,(H,20,23)(H2,17,18,19);1H. The van der Waals surface area contributed by atoms with Crippen molar-refractivity contribution in [1.29, 1.82) is 0 Å². The predicted octanol–water partition coefficient (Wildman–Crippen LogP) is 2.07. The fourth-order valence-corrected chi connectivity index (χ4v) is 2.44. The Balaban J connectivity index is 0.00000529. The lowest BCUT2D eigenvalue weighted by Gasteiger charge is -2.19. The molecule has 140 valence electrons. The lowest BCUT2D eigenvalue weighted by atomic mass is 9.99. The summed E-state index contributed by atoms with van der Waals surface area (Å²) in [5, 5.41) is 9.22. The number of carbonyl (C=O) groups is 2. The number of hydrogen-bond donors (Lipinski definition) is 3. The van der Waals surface area contributed by atoms with E-state index >= 15 is 0 Å². The summed E-state index contributed by atoms with van der Waals surface area (Å²) in [6.07, 6.45) is 4.80. The number of amides is 3. The molecule has 0 bridgehead atoms. The molecule has 1 saturated heterocycles. The first-order valence-corrected chi connectivity index (χ1v) is 8.57. The highest BCUT2D eigenvalue weighted by Crippen LogP contribution is 2.20. The van der Waals surface area contributed by atoms with Gasteiger partial charge in [-0.05, 0) is 26.2 Å². The second-order valence-corrected chi connectivity index (χ2v) is 6.06. The number of nitrogens with zero attached hydrogens (tertiary/aromatic N) is 2. The quantitative estimate of drug-likeness (QED) is 0.164. The molecule has 0 aromatic heterocycles. The summed E-state index contributed by atoms with van der Waals surface area (Å²) in [5.74, 6) is 0.628. The molecule has 0 aromatic carbocycles. The average Bonchev–Trinajstić information content (AvgIpc) is 2.76. The molecular formula is C16H32IN5O2. The molecule has 0 aromatic rings. The third-order valence-corrected chi connectivity index (χ3v) is 4.20. The first kappa shape index (κ1) is 22.9. The number of hydrogen-bond acceptors (Lipinski definition) is 3. The van der Waals surface area contributed by atoms with Crippen LogP contribution in [0.15, 0.2) is 4.99 Å². The fourth-order valence-electron chi connectivity index (χ4n) is 2.44. The summed E-state index contributed by atoms with van der Waals surface area (Å²) < 4.78 is 0. The maximum Gasteiger partial charge on any atom is 0.325 e. The van der Waals surface area contributed by atoms with Crippen LogP contribution in [-0.2, 0) is 4.79 Å². The molecule has 8 heteroatoms. The van der Waals surface area contributed by atoms with Crippen LogP contribution in [0.5, 0.6) is 0 Å². The second kappa shape index (κ2) is 11.5. The molecular weight excluding hydrogens is 421 g/mol. The number of imide groups is 1. The van der Waals surface area contributed by atoms with Crippen molar-refractivity contribution in [2.45, 2.75) is 58.4 Å². The summed E-state index contributed by atoms with van der Waals surface area (Å²) in [6, 6.07) is -0.290. The zero-order chi connectivity index (χ0) is 17.3. The average molecular weight is 453 g/mol. The molecule has 0 aliphatic carbocycles. The van der Waals surface area contributed by atoms with Crippen molar-refractivity contribution >= 4 is 41.9 Å². The van der Waals surface area contributed by atoms with Gasteiger partial charge in [0.25, 0.3) is 5.91 Å². The van der Waals surface area contributed by atoms with Crippen LogP contribution in [0, 0.1) is 0 Å². The number of guanidine groups is 1. The van der Waals surface area contributed by atoms with E-state index in [9.17, 15) is 9.59 Å². The Morgan fingerprint density at radius 1 is 1.17 bits per heavy atom. The van der Waals surface area contributed by atoms with E-state index in [0.717, 1.165) is 18.9 Å². The Labute approximate surface area is 162 Å². The van der Waals surface area contributed by atoms with Crippen LogP contribution in [0.4, 0.5) is 4.79 Å². The molecule has 0 saturated carbocycles. The molecule has 24 heavy (non-hydrogen) atoms. The number of aliphatic imine (C=N–C) groups is 1.